The van der Waals surface area contributed by atoms with Crippen LogP contribution in [0.2, 0.25) is 5.02 Å². The number of sulfone groups is 1. The molecule has 0 unspecified atom stereocenters. The fraction of sp³-hybridized carbons (Fsp3) is 0.143. The number of benzene rings is 2. The molecule has 30 heavy (non-hydrogen) atoms. The number of hydrogen-bond donors (Lipinski definition) is 2. The van der Waals surface area contributed by atoms with E-state index in [-0.39, 0.29) is 10.5 Å². The van der Waals surface area contributed by atoms with E-state index >= 15 is 0 Å². The van der Waals surface area contributed by atoms with E-state index in [9.17, 15) is 18.0 Å². The molecule has 0 aliphatic heterocycles. The smallest absolute Gasteiger partial charge is 0.271 e. The molecule has 1 heterocycles. The van der Waals surface area contributed by atoms with Crippen LogP contribution in [0.25, 0.3) is 5.69 Å². The van der Waals surface area contributed by atoms with E-state index in [1.807, 2.05) is 23.6 Å². The topological polar surface area (TPSA) is 97.3 Å². The van der Waals surface area contributed by atoms with Gasteiger partial charge in [-0.2, -0.15) is 0 Å². The summed E-state index contributed by atoms with van der Waals surface area (Å²) in [7, 11) is -3.35. The number of aromatic nitrogens is 1. The summed E-state index contributed by atoms with van der Waals surface area (Å²) in [6, 6.07) is 14.4. The standard InChI is InChI=1S/C21H20ClN3O4S/c1-13-11-19(14(2)25(13)17-6-4-5-16(22)12-17)21(27)24-23-20(26)15-7-9-18(10-8-15)30(3,28)29/h4-12H,1-3H3,(H,23,26)(H,24,27). The molecule has 0 radical (unpaired) electrons. The highest BCUT2D eigenvalue weighted by molar-refractivity contribution is 7.90. The van der Waals surface area contributed by atoms with Crippen LogP contribution in [0.4, 0.5) is 0 Å². The van der Waals surface area contributed by atoms with Gasteiger partial charge in [-0.25, -0.2) is 8.42 Å². The summed E-state index contributed by atoms with van der Waals surface area (Å²) in [5.41, 5.74) is 7.70. The van der Waals surface area contributed by atoms with E-state index in [1.165, 1.54) is 24.3 Å². The second-order valence-electron chi connectivity index (χ2n) is 6.80. The van der Waals surface area contributed by atoms with Crippen LogP contribution in [0.3, 0.4) is 0 Å². The minimum Gasteiger partial charge on any atom is -0.318 e. The highest BCUT2D eigenvalue weighted by atomic mass is 35.5. The summed E-state index contributed by atoms with van der Waals surface area (Å²) >= 11 is 6.07. The molecule has 0 atom stereocenters. The lowest BCUT2D eigenvalue weighted by atomic mass is 10.2. The first kappa shape index (κ1) is 21.6. The predicted octanol–water partition coefficient (Wildman–Crippen LogP) is 3.23. The Balaban J connectivity index is 1.74. The zero-order chi connectivity index (χ0) is 22.1. The highest BCUT2D eigenvalue weighted by Crippen LogP contribution is 2.23. The molecule has 1 aromatic heterocycles. The number of rotatable bonds is 4. The molecule has 0 saturated carbocycles. The molecule has 2 N–H and O–H groups in total. The Morgan fingerprint density at radius 3 is 2.17 bits per heavy atom. The first-order valence-corrected chi connectivity index (χ1v) is 11.2. The fourth-order valence-electron chi connectivity index (χ4n) is 3.11. The molecule has 0 spiro atoms. The molecule has 2 aromatic carbocycles. The van der Waals surface area contributed by atoms with Crippen LogP contribution in [0.1, 0.15) is 32.1 Å². The molecule has 0 aliphatic rings. The molecule has 156 valence electrons. The van der Waals surface area contributed by atoms with Crippen LogP contribution < -0.4 is 10.9 Å². The van der Waals surface area contributed by atoms with Gasteiger partial charge in [-0.1, -0.05) is 17.7 Å². The number of carbonyl (C=O) groups excluding carboxylic acids is 2. The summed E-state index contributed by atoms with van der Waals surface area (Å²) in [6.45, 7) is 3.67. The average Bonchev–Trinajstić information content (AvgIpc) is 2.99. The summed E-state index contributed by atoms with van der Waals surface area (Å²) in [6.07, 6.45) is 1.09. The number of hydrogen-bond acceptors (Lipinski definition) is 4. The van der Waals surface area contributed by atoms with E-state index in [4.69, 9.17) is 11.6 Å². The third kappa shape index (κ3) is 4.55. The number of nitrogens with zero attached hydrogens (tertiary/aromatic N) is 1. The normalized spacial score (nSPS) is 11.2. The first-order valence-electron chi connectivity index (χ1n) is 8.93. The number of nitrogens with one attached hydrogen (secondary N) is 2. The third-order valence-corrected chi connectivity index (χ3v) is 5.94. The van der Waals surface area contributed by atoms with E-state index in [0.717, 1.165) is 17.6 Å². The van der Waals surface area contributed by atoms with Crippen molar-refractivity contribution in [1.82, 2.24) is 15.4 Å². The number of amides is 2. The Morgan fingerprint density at radius 2 is 1.57 bits per heavy atom. The summed E-state index contributed by atoms with van der Waals surface area (Å²) < 4.78 is 24.9. The second-order valence-corrected chi connectivity index (χ2v) is 9.26. The van der Waals surface area contributed by atoms with Gasteiger partial charge in [0.1, 0.15) is 0 Å². The Bertz CT molecular complexity index is 1230. The molecular weight excluding hydrogens is 426 g/mol. The van der Waals surface area contributed by atoms with E-state index in [2.05, 4.69) is 10.9 Å². The molecule has 7 nitrogen and oxygen atoms in total. The monoisotopic (exact) mass is 445 g/mol. The van der Waals surface area contributed by atoms with Gasteiger partial charge >= 0.3 is 0 Å². The number of halogens is 1. The number of carbonyl (C=O) groups is 2. The predicted molar refractivity (Wildman–Crippen MR) is 115 cm³/mol. The minimum absolute atomic E-state index is 0.108. The van der Waals surface area contributed by atoms with Crippen molar-refractivity contribution >= 4 is 33.3 Å². The highest BCUT2D eigenvalue weighted by Gasteiger charge is 2.18. The lowest BCUT2D eigenvalue weighted by Gasteiger charge is -2.11. The van der Waals surface area contributed by atoms with Gasteiger partial charge < -0.3 is 4.57 Å². The molecule has 3 rings (SSSR count). The lowest BCUT2D eigenvalue weighted by molar-refractivity contribution is 0.0846. The van der Waals surface area contributed by atoms with Crippen LogP contribution in [-0.2, 0) is 9.84 Å². The van der Waals surface area contributed by atoms with Crippen LogP contribution in [-0.4, -0.2) is 31.1 Å². The van der Waals surface area contributed by atoms with Crippen LogP contribution >= 0.6 is 11.6 Å². The first-order chi connectivity index (χ1) is 14.1. The van der Waals surface area contributed by atoms with Gasteiger partial charge in [-0.15, -0.1) is 0 Å². The molecule has 0 saturated heterocycles. The Morgan fingerprint density at radius 1 is 0.933 bits per heavy atom. The second kappa shape index (κ2) is 8.33. The molecule has 0 bridgehead atoms. The zero-order valence-corrected chi connectivity index (χ0v) is 18.1. The summed E-state index contributed by atoms with van der Waals surface area (Å²) in [5.74, 6) is -1.04. The maximum Gasteiger partial charge on any atom is 0.271 e. The maximum atomic E-state index is 12.6. The number of hydrazine groups is 1. The fourth-order valence-corrected chi connectivity index (χ4v) is 3.93. The van der Waals surface area contributed by atoms with Crippen LogP contribution in [0.5, 0.6) is 0 Å². The van der Waals surface area contributed by atoms with Crippen molar-refractivity contribution in [3.8, 4) is 5.69 Å². The van der Waals surface area contributed by atoms with Crippen LogP contribution in [0, 0.1) is 13.8 Å². The van der Waals surface area contributed by atoms with Gasteiger partial charge in [0.15, 0.2) is 9.84 Å². The van der Waals surface area contributed by atoms with Crippen molar-refractivity contribution in [2.24, 2.45) is 0 Å². The van der Waals surface area contributed by atoms with Crippen molar-refractivity contribution in [1.29, 1.82) is 0 Å². The molecule has 0 aliphatic carbocycles. The van der Waals surface area contributed by atoms with Crippen molar-refractivity contribution < 1.29 is 18.0 Å². The molecule has 0 fully saturated rings. The van der Waals surface area contributed by atoms with Crippen molar-refractivity contribution in [3.05, 3.63) is 82.1 Å². The Hall–Kier alpha value is -3.10. The zero-order valence-electron chi connectivity index (χ0n) is 16.6. The lowest BCUT2D eigenvalue weighted by Crippen LogP contribution is -2.41. The molecule has 2 amide bonds. The van der Waals surface area contributed by atoms with Gasteiger partial charge in [0.25, 0.3) is 11.8 Å². The largest absolute Gasteiger partial charge is 0.318 e. The Labute approximate surface area is 179 Å². The van der Waals surface area contributed by atoms with Gasteiger partial charge in [0, 0.05) is 33.9 Å². The van der Waals surface area contributed by atoms with Gasteiger partial charge in [-0.05, 0) is 62.4 Å². The maximum absolute atomic E-state index is 12.6. The summed E-state index contributed by atoms with van der Waals surface area (Å²) in [5, 5.41) is 0.583. The van der Waals surface area contributed by atoms with E-state index in [1.54, 1.807) is 25.1 Å². The van der Waals surface area contributed by atoms with Crippen LogP contribution in [0.15, 0.2) is 59.5 Å². The van der Waals surface area contributed by atoms with Gasteiger partial charge in [0.05, 0.1) is 10.5 Å². The average molecular weight is 446 g/mol. The molecule has 3 aromatic rings. The molecular formula is C21H20ClN3O4S. The Kier molecular flexibility index (Phi) is 6.00. The summed E-state index contributed by atoms with van der Waals surface area (Å²) in [4.78, 5) is 25.0. The van der Waals surface area contributed by atoms with Gasteiger partial charge in [-0.3, -0.25) is 20.4 Å². The quantitative estimate of drug-likeness (QED) is 0.602. The minimum atomic E-state index is -3.35. The third-order valence-electron chi connectivity index (χ3n) is 4.58. The van der Waals surface area contributed by atoms with Crippen molar-refractivity contribution in [3.63, 3.8) is 0 Å². The van der Waals surface area contributed by atoms with E-state index in [0.29, 0.717) is 16.3 Å². The van der Waals surface area contributed by atoms with Gasteiger partial charge in [0.2, 0.25) is 0 Å². The van der Waals surface area contributed by atoms with E-state index < -0.39 is 21.7 Å². The SMILES string of the molecule is Cc1cc(C(=O)NNC(=O)c2ccc(S(C)(=O)=O)cc2)c(C)n1-c1cccc(Cl)c1. The molecule has 9 heteroatoms. The van der Waals surface area contributed by atoms with Crippen molar-refractivity contribution in [2.45, 2.75) is 18.7 Å². The van der Waals surface area contributed by atoms with Crippen molar-refractivity contribution in [2.75, 3.05) is 6.26 Å². The number of aryl methyl sites for hydroxylation is 1.